The molecule has 0 aliphatic heterocycles. The third kappa shape index (κ3) is 7.62. The SMILES string of the molecule is COc1ccc(CC(=O)N(CC(=O)Nc2cc(C(C)(C)C)nn2C(C)(C)C)CC(C)C)cc1. The molecule has 0 saturated carbocycles. The fourth-order valence-electron chi connectivity index (χ4n) is 3.43. The number of carbonyl (C=O) groups is 2. The van der Waals surface area contributed by atoms with Gasteiger partial charge in [0.25, 0.3) is 0 Å². The van der Waals surface area contributed by atoms with Crippen LogP contribution in [0.2, 0.25) is 0 Å². The van der Waals surface area contributed by atoms with Crippen LogP contribution in [-0.4, -0.2) is 46.7 Å². The number of hydrogen-bond acceptors (Lipinski definition) is 4. The summed E-state index contributed by atoms with van der Waals surface area (Å²) >= 11 is 0. The molecule has 1 heterocycles. The Labute approximate surface area is 198 Å². The quantitative estimate of drug-likeness (QED) is 0.629. The van der Waals surface area contributed by atoms with Gasteiger partial charge in [-0.15, -0.1) is 0 Å². The summed E-state index contributed by atoms with van der Waals surface area (Å²) in [7, 11) is 1.61. The van der Waals surface area contributed by atoms with Crippen molar-refractivity contribution >= 4 is 17.6 Å². The maximum atomic E-state index is 13.0. The minimum absolute atomic E-state index is 0.00661. The summed E-state index contributed by atoms with van der Waals surface area (Å²) in [5.74, 6) is 1.32. The van der Waals surface area contributed by atoms with E-state index in [-0.39, 0.29) is 41.7 Å². The first kappa shape index (κ1) is 26.4. The zero-order valence-corrected chi connectivity index (χ0v) is 21.7. The van der Waals surface area contributed by atoms with Gasteiger partial charge in [-0.3, -0.25) is 9.59 Å². The van der Waals surface area contributed by atoms with Crippen molar-refractivity contribution in [2.45, 2.75) is 72.8 Å². The number of benzene rings is 1. The molecule has 1 aromatic heterocycles. The third-order valence-electron chi connectivity index (χ3n) is 5.17. The number of anilines is 1. The normalized spacial score (nSPS) is 12.1. The van der Waals surface area contributed by atoms with Crippen LogP contribution in [0.1, 0.15) is 66.6 Å². The summed E-state index contributed by atoms with van der Waals surface area (Å²) in [4.78, 5) is 27.7. The highest BCUT2D eigenvalue weighted by Crippen LogP contribution is 2.28. The Morgan fingerprint density at radius 3 is 2.18 bits per heavy atom. The van der Waals surface area contributed by atoms with Gasteiger partial charge in [0, 0.05) is 18.0 Å². The number of nitrogens with one attached hydrogen (secondary N) is 1. The number of methoxy groups -OCH3 is 1. The standard InChI is InChI=1S/C26H40N4O3/c1-18(2)16-29(24(32)14-19-10-12-20(33-9)13-11-19)17-23(31)27-22-15-21(25(3,4)5)28-30(22)26(6,7)8/h10-13,15,18H,14,16-17H2,1-9H3,(H,27,31). The lowest BCUT2D eigenvalue weighted by Crippen LogP contribution is -2.41. The largest absolute Gasteiger partial charge is 0.497 e. The van der Waals surface area contributed by atoms with Gasteiger partial charge >= 0.3 is 0 Å². The molecule has 2 amide bonds. The minimum Gasteiger partial charge on any atom is -0.497 e. The number of amides is 2. The Morgan fingerprint density at radius 2 is 1.70 bits per heavy atom. The fourth-order valence-corrected chi connectivity index (χ4v) is 3.43. The van der Waals surface area contributed by atoms with Crippen LogP contribution in [-0.2, 0) is 27.0 Å². The van der Waals surface area contributed by atoms with Gasteiger partial charge in [-0.25, -0.2) is 4.68 Å². The maximum Gasteiger partial charge on any atom is 0.245 e. The second kappa shape index (κ2) is 10.4. The van der Waals surface area contributed by atoms with Gasteiger partial charge in [0.2, 0.25) is 11.8 Å². The first-order valence-corrected chi connectivity index (χ1v) is 11.5. The molecule has 1 N–H and O–H groups in total. The summed E-state index contributed by atoms with van der Waals surface area (Å²) in [6.07, 6.45) is 0.234. The topological polar surface area (TPSA) is 76.5 Å². The molecule has 0 aliphatic carbocycles. The summed E-state index contributed by atoms with van der Waals surface area (Å²) in [6, 6.07) is 9.35. The predicted octanol–water partition coefficient (Wildman–Crippen LogP) is 4.61. The van der Waals surface area contributed by atoms with Crippen molar-refractivity contribution in [2.75, 3.05) is 25.5 Å². The average Bonchev–Trinajstić information content (AvgIpc) is 3.12. The first-order valence-electron chi connectivity index (χ1n) is 11.5. The van der Waals surface area contributed by atoms with Gasteiger partial charge in [-0.05, 0) is 44.4 Å². The third-order valence-corrected chi connectivity index (χ3v) is 5.17. The van der Waals surface area contributed by atoms with Gasteiger partial charge in [0.1, 0.15) is 11.6 Å². The molecular weight excluding hydrogens is 416 g/mol. The molecule has 2 rings (SSSR count). The molecule has 7 nitrogen and oxygen atoms in total. The van der Waals surface area contributed by atoms with E-state index in [2.05, 4.69) is 26.1 Å². The van der Waals surface area contributed by atoms with Crippen molar-refractivity contribution in [3.05, 3.63) is 41.6 Å². The van der Waals surface area contributed by atoms with Crippen LogP contribution in [0.3, 0.4) is 0 Å². The van der Waals surface area contributed by atoms with Crippen LogP contribution in [0.5, 0.6) is 5.75 Å². The number of aromatic nitrogens is 2. The zero-order chi connectivity index (χ0) is 25.0. The second-order valence-electron chi connectivity index (χ2n) is 11.0. The molecule has 33 heavy (non-hydrogen) atoms. The highest BCUT2D eigenvalue weighted by Gasteiger charge is 2.26. The zero-order valence-electron chi connectivity index (χ0n) is 21.7. The van der Waals surface area contributed by atoms with E-state index in [0.717, 1.165) is 17.0 Å². The highest BCUT2D eigenvalue weighted by atomic mass is 16.5. The predicted molar refractivity (Wildman–Crippen MR) is 133 cm³/mol. The smallest absolute Gasteiger partial charge is 0.245 e. The van der Waals surface area contributed by atoms with E-state index in [4.69, 9.17) is 9.84 Å². The number of hydrogen-bond donors (Lipinski definition) is 1. The molecule has 0 bridgehead atoms. The van der Waals surface area contributed by atoms with Crippen LogP contribution in [0.4, 0.5) is 5.82 Å². The summed E-state index contributed by atoms with van der Waals surface area (Å²) in [5, 5.41) is 7.75. The molecule has 0 unspecified atom stereocenters. The van der Waals surface area contributed by atoms with E-state index < -0.39 is 0 Å². The molecule has 0 radical (unpaired) electrons. The summed E-state index contributed by atoms with van der Waals surface area (Å²) in [5.41, 5.74) is 1.35. The molecule has 7 heteroatoms. The number of ether oxygens (including phenoxy) is 1. The van der Waals surface area contributed by atoms with Gasteiger partial charge in [-0.1, -0.05) is 46.8 Å². The summed E-state index contributed by atoms with van der Waals surface area (Å²) < 4.78 is 7.03. The molecular formula is C26H40N4O3. The maximum absolute atomic E-state index is 13.0. The van der Waals surface area contributed by atoms with Crippen molar-refractivity contribution < 1.29 is 14.3 Å². The summed E-state index contributed by atoms with van der Waals surface area (Å²) in [6.45, 7) is 17.0. The lowest BCUT2D eigenvalue weighted by atomic mass is 9.92. The molecule has 1 aromatic carbocycles. The van der Waals surface area contributed by atoms with Crippen LogP contribution < -0.4 is 10.1 Å². The lowest BCUT2D eigenvalue weighted by molar-refractivity contribution is -0.134. The van der Waals surface area contributed by atoms with E-state index in [1.165, 1.54) is 0 Å². The van der Waals surface area contributed by atoms with E-state index in [1.807, 2.05) is 69.6 Å². The van der Waals surface area contributed by atoms with Gasteiger partial charge in [0.15, 0.2) is 0 Å². The van der Waals surface area contributed by atoms with Crippen LogP contribution >= 0.6 is 0 Å². The lowest BCUT2D eigenvalue weighted by Gasteiger charge is -2.26. The van der Waals surface area contributed by atoms with Crippen molar-refractivity contribution in [1.82, 2.24) is 14.7 Å². The monoisotopic (exact) mass is 456 g/mol. The Balaban J connectivity index is 2.18. The average molecular weight is 457 g/mol. The van der Waals surface area contributed by atoms with Crippen molar-refractivity contribution in [3.8, 4) is 5.75 Å². The highest BCUT2D eigenvalue weighted by molar-refractivity contribution is 5.94. The van der Waals surface area contributed by atoms with E-state index in [1.54, 1.807) is 12.0 Å². The first-order chi connectivity index (χ1) is 15.2. The van der Waals surface area contributed by atoms with Gasteiger partial charge in [-0.2, -0.15) is 5.10 Å². The second-order valence-corrected chi connectivity index (χ2v) is 11.0. The van der Waals surface area contributed by atoms with Crippen LogP contribution in [0.15, 0.2) is 30.3 Å². The van der Waals surface area contributed by atoms with Crippen molar-refractivity contribution in [3.63, 3.8) is 0 Å². The Bertz CT molecular complexity index is 947. The Hall–Kier alpha value is -2.83. The molecule has 0 aliphatic rings. The Kier molecular flexibility index (Phi) is 8.33. The molecule has 0 spiro atoms. The van der Waals surface area contributed by atoms with Crippen LogP contribution in [0.25, 0.3) is 0 Å². The van der Waals surface area contributed by atoms with E-state index in [9.17, 15) is 9.59 Å². The molecule has 0 saturated heterocycles. The van der Waals surface area contributed by atoms with Crippen molar-refractivity contribution in [1.29, 1.82) is 0 Å². The Morgan fingerprint density at radius 1 is 1.09 bits per heavy atom. The fraction of sp³-hybridized carbons (Fsp3) is 0.577. The number of rotatable bonds is 8. The van der Waals surface area contributed by atoms with Gasteiger partial charge in [0.05, 0.1) is 31.3 Å². The molecule has 0 atom stereocenters. The van der Waals surface area contributed by atoms with E-state index in [0.29, 0.717) is 12.4 Å². The van der Waals surface area contributed by atoms with Crippen molar-refractivity contribution in [2.24, 2.45) is 5.92 Å². The minimum atomic E-state index is -0.298. The van der Waals surface area contributed by atoms with Gasteiger partial charge < -0.3 is 15.0 Å². The number of carbonyl (C=O) groups excluding carboxylic acids is 2. The molecule has 2 aromatic rings. The number of nitrogens with zero attached hydrogens (tertiary/aromatic N) is 3. The molecule has 0 fully saturated rings. The van der Waals surface area contributed by atoms with E-state index >= 15 is 0 Å². The van der Waals surface area contributed by atoms with Crippen LogP contribution in [0, 0.1) is 5.92 Å². The molecule has 182 valence electrons.